The zero-order chi connectivity index (χ0) is 11.4. The van der Waals surface area contributed by atoms with Crippen LogP contribution in [0, 0.1) is 6.92 Å². The van der Waals surface area contributed by atoms with E-state index in [0.717, 1.165) is 11.1 Å². The molecule has 0 aliphatic rings. The van der Waals surface area contributed by atoms with E-state index in [1.54, 1.807) is 6.07 Å². The average molecular weight is 208 g/mol. The summed E-state index contributed by atoms with van der Waals surface area (Å²) in [5, 5.41) is 0. The van der Waals surface area contributed by atoms with Crippen molar-refractivity contribution in [2.75, 3.05) is 0 Å². The van der Waals surface area contributed by atoms with E-state index < -0.39 is 6.09 Å². The highest BCUT2D eigenvalue weighted by atomic mass is 16.6. The van der Waals surface area contributed by atoms with Crippen molar-refractivity contribution in [1.29, 1.82) is 0 Å². The third kappa shape index (κ3) is 3.25. The summed E-state index contributed by atoms with van der Waals surface area (Å²) < 4.78 is 4.96. The summed E-state index contributed by atoms with van der Waals surface area (Å²) in [7, 11) is 0. The highest BCUT2D eigenvalue weighted by molar-refractivity contribution is 5.69. The van der Waals surface area contributed by atoms with Crippen molar-refractivity contribution in [2.45, 2.75) is 26.7 Å². The number of aryl methyl sites for hydroxylation is 1. The van der Waals surface area contributed by atoms with Crippen molar-refractivity contribution in [2.24, 2.45) is 5.84 Å². The van der Waals surface area contributed by atoms with Gasteiger partial charge >= 0.3 is 6.09 Å². The van der Waals surface area contributed by atoms with E-state index in [-0.39, 0.29) is 0 Å². The highest BCUT2D eigenvalue weighted by Gasteiger charge is 2.06. The molecule has 0 saturated carbocycles. The molecule has 0 heterocycles. The Morgan fingerprint density at radius 2 is 2.07 bits per heavy atom. The Morgan fingerprint density at radius 1 is 1.40 bits per heavy atom. The number of rotatable bonds is 2. The lowest BCUT2D eigenvalue weighted by Crippen LogP contribution is -2.32. The minimum absolute atomic E-state index is 0.396. The third-order valence-corrected chi connectivity index (χ3v) is 2.07. The van der Waals surface area contributed by atoms with Crippen LogP contribution in [0.25, 0.3) is 0 Å². The molecule has 1 amide bonds. The lowest BCUT2D eigenvalue weighted by atomic mass is 10.0. The molecule has 0 radical (unpaired) electrons. The molecule has 15 heavy (non-hydrogen) atoms. The van der Waals surface area contributed by atoms with Crippen molar-refractivity contribution in [3.05, 3.63) is 29.3 Å². The van der Waals surface area contributed by atoms with Gasteiger partial charge in [-0.25, -0.2) is 10.6 Å². The molecule has 0 unspecified atom stereocenters. The van der Waals surface area contributed by atoms with Crippen molar-refractivity contribution in [1.82, 2.24) is 5.43 Å². The van der Waals surface area contributed by atoms with Crippen LogP contribution in [0.3, 0.4) is 0 Å². The van der Waals surface area contributed by atoms with Crippen LogP contribution in [-0.4, -0.2) is 6.09 Å². The van der Waals surface area contributed by atoms with Gasteiger partial charge in [0, 0.05) is 0 Å². The minimum Gasteiger partial charge on any atom is -0.409 e. The molecule has 4 heteroatoms. The van der Waals surface area contributed by atoms with Crippen LogP contribution in [-0.2, 0) is 0 Å². The second-order valence-electron chi connectivity index (χ2n) is 3.77. The molecule has 0 aliphatic carbocycles. The Hall–Kier alpha value is -1.55. The highest BCUT2D eigenvalue weighted by Crippen LogP contribution is 2.22. The van der Waals surface area contributed by atoms with Crippen LogP contribution in [0.4, 0.5) is 4.79 Å². The molecule has 0 bridgehead atoms. The van der Waals surface area contributed by atoms with Gasteiger partial charge in [-0.05, 0) is 36.1 Å². The van der Waals surface area contributed by atoms with E-state index >= 15 is 0 Å². The molecule has 1 aromatic rings. The smallest absolute Gasteiger partial charge is 0.409 e. The molecule has 3 N–H and O–H groups in total. The van der Waals surface area contributed by atoms with Crippen molar-refractivity contribution in [3.63, 3.8) is 0 Å². The predicted molar refractivity (Wildman–Crippen MR) is 58.6 cm³/mol. The average Bonchev–Trinajstić information content (AvgIpc) is 2.16. The number of hydrazine groups is 1. The van der Waals surface area contributed by atoms with E-state index in [2.05, 4.69) is 19.9 Å². The number of hydrogen-bond acceptors (Lipinski definition) is 3. The molecule has 1 rings (SSSR count). The fraction of sp³-hybridized carbons (Fsp3) is 0.364. The van der Waals surface area contributed by atoms with Gasteiger partial charge in [0.25, 0.3) is 0 Å². The first-order chi connectivity index (χ1) is 7.02. The van der Waals surface area contributed by atoms with Crippen LogP contribution in [0.5, 0.6) is 5.75 Å². The number of ether oxygens (including phenoxy) is 1. The van der Waals surface area contributed by atoms with Crippen molar-refractivity contribution in [3.8, 4) is 5.75 Å². The Bertz CT molecular complexity index is 362. The number of carbonyl (C=O) groups excluding carboxylic acids is 1. The Balaban J connectivity index is 2.93. The summed E-state index contributed by atoms with van der Waals surface area (Å²) in [6, 6.07) is 5.70. The van der Waals surface area contributed by atoms with Gasteiger partial charge in [-0.1, -0.05) is 19.9 Å². The molecule has 0 aromatic heterocycles. The molecule has 4 nitrogen and oxygen atoms in total. The first-order valence-electron chi connectivity index (χ1n) is 4.83. The van der Waals surface area contributed by atoms with Crippen LogP contribution < -0.4 is 16.0 Å². The van der Waals surface area contributed by atoms with E-state index in [1.165, 1.54) is 0 Å². The Morgan fingerprint density at radius 3 is 2.60 bits per heavy atom. The third-order valence-electron chi connectivity index (χ3n) is 2.07. The maximum absolute atomic E-state index is 10.9. The molecule has 82 valence electrons. The van der Waals surface area contributed by atoms with E-state index in [9.17, 15) is 4.79 Å². The van der Waals surface area contributed by atoms with Gasteiger partial charge in [-0.15, -0.1) is 0 Å². The van der Waals surface area contributed by atoms with Crippen LogP contribution in [0.15, 0.2) is 18.2 Å². The summed E-state index contributed by atoms with van der Waals surface area (Å²) in [6.45, 7) is 6.13. The summed E-state index contributed by atoms with van der Waals surface area (Å²) in [5.41, 5.74) is 4.11. The van der Waals surface area contributed by atoms with Crippen LogP contribution >= 0.6 is 0 Å². The van der Waals surface area contributed by atoms with E-state index in [1.807, 2.05) is 18.4 Å². The zero-order valence-electron chi connectivity index (χ0n) is 9.20. The van der Waals surface area contributed by atoms with Gasteiger partial charge in [0.05, 0.1) is 0 Å². The SMILES string of the molecule is Cc1cc(OC(=O)NN)cc(C(C)C)c1. The molecule has 0 atom stereocenters. The number of amides is 1. The lowest BCUT2D eigenvalue weighted by molar-refractivity contribution is 0.200. The first-order valence-corrected chi connectivity index (χ1v) is 4.83. The van der Waals surface area contributed by atoms with Gasteiger partial charge in [0.2, 0.25) is 0 Å². The molecule has 0 aliphatic heterocycles. The number of carbonyl (C=O) groups is 1. The monoisotopic (exact) mass is 208 g/mol. The molecular weight excluding hydrogens is 192 g/mol. The second-order valence-corrected chi connectivity index (χ2v) is 3.77. The van der Waals surface area contributed by atoms with Crippen molar-refractivity contribution >= 4 is 6.09 Å². The Kier molecular flexibility index (Phi) is 3.68. The van der Waals surface area contributed by atoms with E-state index in [0.29, 0.717) is 11.7 Å². The maximum Gasteiger partial charge on any atom is 0.426 e. The minimum atomic E-state index is -0.657. The maximum atomic E-state index is 10.9. The summed E-state index contributed by atoms with van der Waals surface area (Å²) in [6.07, 6.45) is -0.657. The molecule has 1 aromatic carbocycles. The second kappa shape index (κ2) is 4.79. The topological polar surface area (TPSA) is 64.3 Å². The van der Waals surface area contributed by atoms with Gasteiger partial charge in [-0.2, -0.15) is 0 Å². The number of nitrogens with two attached hydrogens (primary N) is 1. The van der Waals surface area contributed by atoms with Crippen LogP contribution in [0.1, 0.15) is 30.9 Å². The first kappa shape index (κ1) is 11.5. The van der Waals surface area contributed by atoms with Gasteiger partial charge < -0.3 is 4.74 Å². The number of hydrogen-bond donors (Lipinski definition) is 2. The fourth-order valence-corrected chi connectivity index (χ4v) is 1.31. The predicted octanol–water partition coefficient (Wildman–Crippen LogP) is 2.08. The molecular formula is C11H16N2O2. The normalized spacial score (nSPS) is 10.2. The molecule has 0 spiro atoms. The quantitative estimate of drug-likeness (QED) is 0.444. The fourth-order valence-electron chi connectivity index (χ4n) is 1.31. The zero-order valence-corrected chi connectivity index (χ0v) is 9.20. The Labute approximate surface area is 89.4 Å². The van der Waals surface area contributed by atoms with Gasteiger partial charge in [0.1, 0.15) is 5.75 Å². The largest absolute Gasteiger partial charge is 0.426 e. The summed E-state index contributed by atoms with van der Waals surface area (Å²) >= 11 is 0. The van der Waals surface area contributed by atoms with Gasteiger partial charge in [0.15, 0.2) is 0 Å². The summed E-state index contributed by atoms with van der Waals surface area (Å²) in [5.74, 6) is 5.84. The molecule has 0 fully saturated rings. The number of nitrogens with one attached hydrogen (secondary N) is 1. The van der Waals surface area contributed by atoms with Crippen LogP contribution in [0.2, 0.25) is 0 Å². The number of benzene rings is 1. The van der Waals surface area contributed by atoms with Crippen molar-refractivity contribution < 1.29 is 9.53 Å². The van der Waals surface area contributed by atoms with Gasteiger partial charge in [-0.3, -0.25) is 5.43 Å². The standard InChI is InChI=1S/C11H16N2O2/c1-7(2)9-4-8(3)5-10(6-9)15-11(14)13-12/h4-7H,12H2,1-3H3,(H,13,14). The lowest BCUT2D eigenvalue weighted by Gasteiger charge is -2.10. The summed E-state index contributed by atoms with van der Waals surface area (Å²) in [4.78, 5) is 10.9. The van der Waals surface area contributed by atoms with E-state index in [4.69, 9.17) is 10.6 Å². The molecule has 0 saturated heterocycles.